The molecule has 2 aromatic rings. The van der Waals surface area contributed by atoms with Gasteiger partial charge in [-0.25, -0.2) is 12.8 Å². The molecule has 166 valence electrons. The Bertz CT molecular complexity index is 1090. The maximum Gasteiger partial charge on any atom is 0.417 e. The largest absolute Gasteiger partial charge is 0.417 e. The average molecular weight is 477 g/mol. The number of amides is 1. The standard InChI is InChI=1S/C20H17ClF4N2O3S/c21-18-7-6-16(13-17(18)20(23,24)25)31(29,30)27-11-9-26(10-12-27)19(28)8-3-14-1-4-15(22)5-2-14/h1-8,13H,9-12H2/b8-3+. The Morgan fingerprint density at radius 3 is 2.19 bits per heavy atom. The predicted octanol–water partition coefficient (Wildman–Crippen LogP) is 4.04. The van der Waals surface area contributed by atoms with Crippen molar-refractivity contribution in [3.8, 4) is 0 Å². The van der Waals surface area contributed by atoms with Crippen molar-refractivity contribution in [2.75, 3.05) is 26.2 Å². The van der Waals surface area contributed by atoms with Crippen molar-refractivity contribution in [1.29, 1.82) is 0 Å². The van der Waals surface area contributed by atoms with E-state index in [2.05, 4.69) is 0 Å². The van der Waals surface area contributed by atoms with Gasteiger partial charge in [-0.05, 0) is 42.0 Å². The van der Waals surface area contributed by atoms with E-state index < -0.39 is 37.5 Å². The first kappa shape index (κ1) is 23.2. The van der Waals surface area contributed by atoms with Crippen LogP contribution in [0.15, 0.2) is 53.4 Å². The highest BCUT2D eigenvalue weighted by Crippen LogP contribution is 2.36. The van der Waals surface area contributed by atoms with Gasteiger partial charge >= 0.3 is 6.18 Å². The van der Waals surface area contributed by atoms with Crippen LogP contribution < -0.4 is 0 Å². The average Bonchev–Trinajstić information content (AvgIpc) is 2.72. The molecule has 11 heteroatoms. The van der Waals surface area contributed by atoms with E-state index in [1.807, 2.05) is 0 Å². The lowest BCUT2D eigenvalue weighted by Crippen LogP contribution is -2.50. The second-order valence-corrected chi connectivity index (χ2v) is 9.10. The van der Waals surface area contributed by atoms with Crippen LogP contribution in [0.1, 0.15) is 11.1 Å². The minimum absolute atomic E-state index is 0.0670. The zero-order valence-corrected chi connectivity index (χ0v) is 17.5. The van der Waals surface area contributed by atoms with Crippen molar-refractivity contribution in [3.05, 3.63) is 70.5 Å². The summed E-state index contributed by atoms with van der Waals surface area (Å²) in [6.07, 6.45) is -1.98. The van der Waals surface area contributed by atoms with Gasteiger partial charge in [-0.1, -0.05) is 23.7 Å². The van der Waals surface area contributed by atoms with Gasteiger partial charge in [-0.2, -0.15) is 17.5 Å². The number of piperazine rings is 1. The van der Waals surface area contributed by atoms with Crippen molar-refractivity contribution in [2.45, 2.75) is 11.1 Å². The molecule has 1 amide bonds. The molecule has 0 unspecified atom stereocenters. The summed E-state index contributed by atoms with van der Waals surface area (Å²) in [5, 5.41) is -0.588. The van der Waals surface area contributed by atoms with E-state index >= 15 is 0 Å². The van der Waals surface area contributed by atoms with Gasteiger partial charge in [0.2, 0.25) is 15.9 Å². The molecule has 0 aromatic heterocycles. The van der Waals surface area contributed by atoms with Crippen LogP contribution in [-0.4, -0.2) is 49.7 Å². The molecular weight excluding hydrogens is 460 g/mol. The lowest BCUT2D eigenvalue weighted by atomic mass is 10.2. The minimum Gasteiger partial charge on any atom is -0.337 e. The maximum atomic E-state index is 13.1. The van der Waals surface area contributed by atoms with E-state index in [-0.39, 0.29) is 32.1 Å². The van der Waals surface area contributed by atoms with Gasteiger partial charge in [0.25, 0.3) is 0 Å². The lowest BCUT2D eigenvalue weighted by Gasteiger charge is -2.33. The summed E-state index contributed by atoms with van der Waals surface area (Å²) in [6.45, 7) is 0.0158. The summed E-state index contributed by atoms with van der Waals surface area (Å²) in [4.78, 5) is 13.2. The fourth-order valence-electron chi connectivity index (χ4n) is 3.03. The molecular formula is C20H17ClF4N2O3S. The minimum atomic E-state index is -4.79. The smallest absolute Gasteiger partial charge is 0.337 e. The lowest BCUT2D eigenvalue weighted by molar-refractivity contribution is -0.137. The zero-order valence-electron chi connectivity index (χ0n) is 15.9. The number of benzene rings is 2. The zero-order chi connectivity index (χ0) is 22.8. The molecule has 0 radical (unpaired) electrons. The molecule has 1 aliphatic heterocycles. The molecule has 1 saturated heterocycles. The molecule has 1 heterocycles. The third-order valence-electron chi connectivity index (χ3n) is 4.72. The molecule has 0 aliphatic carbocycles. The third-order valence-corrected chi connectivity index (χ3v) is 6.94. The first-order valence-electron chi connectivity index (χ1n) is 9.08. The summed E-state index contributed by atoms with van der Waals surface area (Å²) >= 11 is 5.55. The van der Waals surface area contributed by atoms with E-state index in [9.17, 15) is 30.8 Å². The van der Waals surface area contributed by atoms with Gasteiger partial charge in [0.1, 0.15) is 5.82 Å². The normalized spacial score (nSPS) is 16.1. The number of rotatable bonds is 4. The molecule has 1 aliphatic rings. The van der Waals surface area contributed by atoms with Crippen LogP contribution in [0, 0.1) is 5.82 Å². The highest BCUT2D eigenvalue weighted by Gasteiger charge is 2.36. The highest BCUT2D eigenvalue weighted by molar-refractivity contribution is 7.89. The number of hydrogen-bond acceptors (Lipinski definition) is 3. The first-order chi connectivity index (χ1) is 14.5. The monoisotopic (exact) mass is 476 g/mol. The number of sulfonamides is 1. The van der Waals surface area contributed by atoms with Crippen molar-refractivity contribution < 1.29 is 30.8 Å². The fourth-order valence-corrected chi connectivity index (χ4v) is 4.70. The number of carbonyl (C=O) groups excluding carboxylic acids is 1. The molecule has 0 N–H and O–H groups in total. The summed E-state index contributed by atoms with van der Waals surface area (Å²) in [5.41, 5.74) is -0.603. The van der Waals surface area contributed by atoms with Gasteiger partial charge in [0, 0.05) is 32.3 Å². The SMILES string of the molecule is O=C(/C=C/c1ccc(F)cc1)N1CCN(S(=O)(=O)c2ccc(Cl)c(C(F)(F)F)c2)CC1. The van der Waals surface area contributed by atoms with Gasteiger partial charge in [0.05, 0.1) is 15.5 Å². The quantitative estimate of drug-likeness (QED) is 0.494. The van der Waals surface area contributed by atoms with Crippen LogP contribution >= 0.6 is 11.6 Å². The van der Waals surface area contributed by atoms with E-state index in [4.69, 9.17) is 11.6 Å². The van der Waals surface area contributed by atoms with Crippen LogP contribution in [0.4, 0.5) is 17.6 Å². The number of hydrogen-bond donors (Lipinski definition) is 0. The summed E-state index contributed by atoms with van der Waals surface area (Å²) in [6, 6.07) is 7.97. The Balaban J connectivity index is 1.67. The number of nitrogens with zero attached hydrogens (tertiary/aromatic N) is 2. The van der Waals surface area contributed by atoms with E-state index in [1.165, 1.54) is 41.3 Å². The highest BCUT2D eigenvalue weighted by atomic mass is 35.5. The molecule has 31 heavy (non-hydrogen) atoms. The van der Waals surface area contributed by atoms with Crippen LogP contribution in [0.5, 0.6) is 0 Å². The topological polar surface area (TPSA) is 57.7 Å². The van der Waals surface area contributed by atoms with Crippen LogP contribution in [-0.2, 0) is 21.0 Å². The molecule has 0 bridgehead atoms. The second kappa shape index (κ2) is 8.97. The molecule has 2 aromatic carbocycles. The Morgan fingerprint density at radius 2 is 1.61 bits per heavy atom. The van der Waals surface area contributed by atoms with Crippen molar-refractivity contribution in [1.82, 2.24) is 9.21 Å². The predicted molar refractivity (Wildman–Crippen MR) is 107 cm³/mol. The van der Waals surface area contributed by atoms with Gasteiger partial charge in [-0.3, -0.25) is 4.79 Å². The Labute approximate surface area is 181 Å². The van der Waals surface area contributed by atoms with Crippen LogP contribution in [0.2, 0.25) is 5.02 Å². The number of carbonyl (C=O) groups is 1. The molecule has 0 saturated carbocycles. The van der Waals surface area contributed by atoms with Gasteiger partial charge < -0.3 is 4.90 Å². The van der Waals surface area contributed by atoms with Crippen LogP contribution in [0.25, 0.3) is 6.08 Å². The van der Waals surface area contributed by atoms with E-state index in [1.54, 1.807) is 0 Å². The van der Waals surface area contributed by atoms with E-state index in [0.717, 1.165) is 16.4 Å². The fraction of sp³-hybridized carbons (Fsp3) is 0.250. The van der Waals surface area contributed by atoms with Crippen LogP contribution in [0.3, 0.4) is 0 Å². The van der Waals surface area contributed by atoms with Crippen molar-refractivity contribution >= 4 is 33.6 Å². The van der Waals surface area contributed by atoms with Gasteiger partial charge in [-0.15, -0.1) is 0 Å². The van der Waals surface area contributed by atoms with Crippen molar-refractivity contribution in [3.63, 3.8) is 0 Å². The van der Waals surface area contributed by atoms with Gasteiger partial charge in [0.15, 0.2) is 0 Å². The Hall–Kier alpha value is -2.43. The Morgan fingerprint density at radius 1 is 1.00 bits per heavy atom. The molecule has 1 fully saturated rings. The first-order valence-corrected chi connectivity index (χ1v) is 10.9. The van der Waals surface area contributed by atoms with E-state index in [0.29, 0.717) is 11.6 Å². The maximum absolute atomic E-state index is 13.1. The second-order valence-electron chi connectivity index (χ2n) is 6.75. The summed E-state index contributed by atoms with van der Waals surface area (Å²) < 4.78 is 78.6. The molecule has 0 spiro atoms. The number of alkyl halides is 3. The third kappa shape index (κ3) is 5.44. The molecule has 3 rings (SSSR count). The summed E-state index contributed by atoms with van der Waals surface area (Å²) in [5.74, 6) is -0.754. The number of halogens is 5. The molecule has 0 atom stereocenters. The van der Waals surface area contributed by atoms with Crippen molar-refractivity contribution in [2.24, 2.45) is 0 Å². The summed E-state index contributed by atoms with van der Waals surface area (Å²) in [7, 11) is -4.19. The Kier molecular flexibility index (Phi) is 6.73. The molecule has 5 nitrogen and oxygen atoms in total.